The second kappa shape index (κ2) is 14.7. The molecule has 3 fully saturated rings. The Labute approximate surface area is 216 Å². The van der Waals surface area contributed by atoms with E-state index in [1.165, 1.54) is 107 Å². The van der Waals surface area contributed by atoms with E-state index in [0.29, 0.717) is 6.42 Å². The lowest BCUT2D eigenvalue weighted by atomic mass is 9.67. The van der Waals surface area contributed by atoms with Gasteiger partial charge in [0.1, 0.15) is 0 Å². The normalized spacial score (nSPS) is 31.9. The minimum Gasteiger partial charge on any atom is -0.382 e. The number of halogens is 1. The molecule has 1 aromatic carbocycles. The molecule has 35 heavy (non-hydrogen) atoms. The lowest BCUT2D eigenvalue weighted by molar-refractivity contribution is 0.117. The van der Waals surface area contributed by atoms with Gasteiger partial charge in [-0.25, -0.2) is 0 Å². The summed E-state index contributed by atoms with van der Waals surface area (Å²) in [6, 6.07) is 9.15. The molecule has 0 atom stereocenters. The molecule has 0 saturated heterocycles. The summed E-state index contributed by atoms with van der Waals surface area (Å²) in [4.78, 5) is 0. The van der Waals surface area contributed by atoms with Crippen LogP contribution in [0.15, 0.2) is 24.3 Å². The topological polar surface area (TPSA) is 9.23 Å². The predicted octanol–water partition coefficient (Wildman–Crippen LogP) is 9.68. The molecule has 198 valence electrons. The lowest BCUT2D eigenvalue weighted by Gasteiger charge is -2.38. The Morgan fingerprint density at radius 1 is 0.686 bits per heavy atom. The molecule has 0 N–H and O–H groups in total. The van der Waals surface area contributed by atoms with E-state index < -0.39 is 0 Å². The largest absolute Gasteiger partial charge is 0.382 e. The molecule has 0 radical (unpaired) electrons. The number of hydrogen-bond donors (Lipinski definition) is 0. The number of ether oxygens (including phenoxy) is 1. The Balaban J connectivity index is 1.09. The number of rotatable bonds is 12. The van der Waals surface area contributed by atoms with Crippen LogP contribution >= 0.6 is 0 Å². The van der Waals surface area contributed by atoms with Crippen molar-refractivity contribution in [3.63, 3.8) is 0 Å². The van der Waals surface area contributed by atoms with Gasteiger partial charge in [-0.05, 0) is 111 Å². The lowest BCUT2D eigenvalue weighted by Crippen LogP contribution is -2.25. The molecule has 0 bridgehead atoms. The second-order valence-corrected chi connectivity index (χ2v) is 12.4. The maximum absolute atomic E-state index is 12.4. The number of alkyl halides is 1. The fourth-order valence-electron chi connectivity index (χ4n) is 7.77. The Kier molecular flexibility index (Phi) is 11.4. The first-order chi connectivity index (χ1) is 17.2. The minimum atomic E-state index is -0.204. The maximum atomic E-state index is 12.4. The summed E-state index contributed by atoms with van der Waals surface area (Å²) in [5.41, 5.74) is 2.82. The highest BCUT2D eigenvalue weighted by atomic mass is 19.1. The van der Waals surface area contributed by atoms with Crippen LogP contribution < -0.4 is 0 Å². The molecule has 0 aromatic heterocycles. The van der Waals surface area contributed by atoms with Crippen molar-refractivity contribution in [2.24, 2.45) is 29.6 Å². The molecule has 1 nitrogen and oxygen atoms in total. The average Bonchev–Trinajstić information content (AvgIpc) is 2.92. The third-order valence-corrected chi connectivity index (χ3v) is 10.2. The van der Waals surface area contributed by atoms with Crippen molar-refractivity contribution < 1.29 is 9.13 Å². The van der Waals surface area contributed by atoms with Gasteiger partial charge in [0.05, 0.1) is 6.67 Å². The Morgan fingerprint density at radius 3 is 1.74 bits per heavy atom. The van der Waals surface area contributed by atoms with Crippen LogP contribution in [0.4, 0.5) is 4.39 Å². The van der Waals surface area contributed by atoms with E-state index in [0.717, 1.165) is 55.1 Å². The van der Waals surface area contributed by atoms with Crippen molar-refractivity contribution in [3.8, 4) is 0 Å². The van der Waals surface area contributed by atoms with Crippen molar-refractivity contribution in [1.82, 2.24) is 0 Å². The van der Waals surface area contributed by atoms with Gasteiger partial charge in [-0.1, -0.05) is 75.6 Å². The van der Waals surface area contributed by atoms with Gasteiger partial charge in [-0.3, -0.25) is 4.39 Å². The Hall–Kier alpha value is -0.890. The van der Waals surface area contributed by atoms with E-state index in [4.69, 9.17) is 4.74 Å². The molecule has 3 aliphatic rings. The first kappa shape index (κ1) is 27.2. The van der Waals surface area contributed by atoms with Crippen LogP contribution in [0.3, 0.4) is 0 Å². The van der Waals surface area contributed by atoms with E-state index in [1.807, 2.05) is 0 Å². The summed E-state index contributed by atoms with van der Waals surface area (Å²) >= 11 is 0. The number of aryl methyl sites for hydroxylation is 1. The number of benzene rings is 1. The van der Waals surface area contributed by atoms with Crippen molar-refractivity contribution in [2.45, 2.75) is 122 Å². The molecule has 4 rings (SSSR count). The van der Waals surface area contributed by atoms with Gasteiger partial charge >= 0.3 is 0 Å². The van der Waals surface area contributed by atoms with E-state index >= 15 is 0 Å². The van der Waals surface area contributed by atoms with E-state index in [2.05, 4.69) is 31.2 Å². The van der Waals surface area contributed by atoms with Crippen LogP contribution in [0.2, 0.25) is 0 Å². The van der Waals surface area contributed by atoms with Gasteiger partial charge in [-0.2, -0.15) is 0 Å². The zero-order valence-corrected chi connectivity index (χ0v) is 22.7. The third kappa shape index (κ3) is 8.58. The molecule has 0 aliphatic heterocycles. The first-order valence-corrected chi connectivity index (χ1v) is 15.5. The summed E-state index contributed by atoms with van der Waals surface area (Å²) in [6.07, 6.45) is 23.4. The summed E-state index contributed by atoms with van der Waals surface area (Å²) in [5.74, 6) is 5.74. The van der Waals surface area contributed by atoms with Crippen molar-refractivity contribution in [3.05, 3.63) is 35.4 Å². The SMILES string of the molecule is CCOCCC1CCC(CCC2CCC(C3CCC(c4ccc(CCCF)cc4)CC3)CC2)CC1. The Bertz CT molecular complexity index is 676. The fraction of sp³-hybridized carbons (Fsp3) is 0.818. The molecule has 0 heterocycles. The highest BCUT2D eigenvalue weighted by Crippen LogP contribution is 2.45. The molecular formula is C33H53FO. The molecule has 3 saturated carbocycles. The molecule has 2 heteroatoms. The first-order valence-electron chi connectivity index (χ1n) is 15.5. The van der Waals surface area contributed by atoms with Crippen molar-refractivity contribution in [1.29, 1.82) is 0 Å². The summed E-state index contributed by atoms with van der Waals surface area (Å²) < 4.78 is 18.0. The van der Waals surface area contributed by atoms with Crippen LogP contribution in [0.5, 0.6) is 0 Å². The molecule has 1 aromatic rings. The van der Waals surface area contributed by atoms with Crippen LogP contribution in [0.25, 0.3) is 0 Å². The second-order valence-electron chi connectivity index (χ2n) is 12.4. The van der Waals surface area contributed by atoms with Crippen LogP contribution in [0, 0.1) is 29.6 Å². The van der Waals surface area contributed by atoms with Gasteiger partial charge in [0.2, 0.25) is 0 Å². The van der Waals surface area contributed by atoms with Gasteiger partial charge in [0, 0.05) is 13.2 Å². The molecular weight excluding hydrogens is 431 g/mol. The predicted molar refractivity (Wildman–Crippen MR) is 147 cm³/mol. The third-order valence-electron chi connectivity index (χ3n) is 10.2. The Morgan fingerprint density at radius 2 is 1.20 bits per heavy atom. The fourth-order valence-corrected chi connectivity index (χ4v) is 7.77. The minimum absolute atomic E-state index is 0.204. The van der Waals surface area contributed by atoms with Crippen molar-refractivity contribution >= 4 is 0 Å². The van der Waals surface area contributed by atoms with Crippen LogP contribution in [-0.2, 0) is 11.2 Å². The molecule has 0 unspecified atom stereocenters. The maximum Gasteiger partial charge on any atom is 0.0897 e. The van der Waals surface area contributed by atoms with Gasteiger partial charge in [0.15, 0.2) is 0 Å². The van der Waals surface area contributed by atoms with Crippen molar-refractivity contribution in [2.75, 3.05) is 19.9 Å². The van der Waals surface area contributed by atoms with Crippen LogP contribution in [0.1, 0.15) is 127 Å². The summed E-state index contributed by atoms with van der Waals surface area (Å²) in [7, 11) is 0. The van der Waals surface area contributed by atoms with E-state index in [9.17, 15) is 4.39 Å². The monoisotopic (exact) mass is 484 g/mol. The smallest absolute Gasteiger partial charge is 0.0897 e. The zero-order chi connectivity index (χ0) is 24.3. The van der Waals surface area contributed by atoms with Gasteiger partial charge < -0.3 is 4.74 Å². The highest BCUT2D eigenvalue weighted by Gasteiger charge is 2.31. The summed E-state index contributed by atoms with van der Waals surface area (Å²) in [6.45, 7) is 3.75. The molecule has 0 spiro atoms. The summed E-state index contributed by atoms with van der Waals surface area (Å²) in [5, 5.41) is 0. The molecule has 0 amide bonds. The zero-order valence-electron chi connectivity index (χ0n) is 22.7. The van der Waals surface area contributed by atoms with E-state index in [-0.39, 0.29) is 6.67 Å². The highest BCUT2D eigenvalue weighted by molar-refractivity contribution is 5.26. The standard InChI is InChI=1S/C33H53FO/c1-2-35-25-23-29-9-7-27(8-10-29)5-6-28-13-17-31(18-14-28)33-21-19-32(20-22-33)30-15-11-26(12-16-30)4-3-24-34/h11-12,15-16,27-29,31-33H,2-10,13-14,17-25H2,1H3. The van der Waals surface area contributed by atoms with Crippen LogP contribution in [-0.4, -0.2) is 19.9 Å². The number of hydrogen-bond acceptors (Lipinski definition) is 1. The van der Waals surface area contributed by atoms with Gasteiger partial charge in [-0.15, -0.1) is 0 Å². The quantitative estimate of drug-likeness (QED) is 0.268. The molecule has 3 aliphatic carbocycles. The van der Waals surface area contributed by atoms with E-state index in [1.54, 1.807) is 0 Å². The van der Waals surface area contributed by atoms with Gasteiger partial charge in [0.25, 0.3) is 0 Å². The average molecular weight is 485 g/mol.